The molecule has 1 fully saturated rings. The number of ether oxygens (including phenoxy) is 2. The molecule has 7 heteroatoms. The third-order valence-corrected chi connectivity index (χ3v) is 7.10. The van der Waals surface area contributed by atoms with E-state index in [0.717, 1.165) is 28.2 Å². The molecule has 0 N–H and O–H groups in total. The molecule has 5 nitrogen and oxygen atoms in total. The second kappa shape index (κ2) is 9.59. The van der Waals surface area contributed by atoms with Crippen molar-refractivity contribution in [2.24, 2.45) is 0 Å². The molecule has 0 radical (unpaired) electrons. The second-order valence-electron chi connectivity index (χ2n) is 8.04. The van der Waals surface area contributed by atoms with Gasteiger partial charge in [0.2, 0.25) is 0 Å². The quantitative estimate of drug-likeness (QED) is 0.421. The van der Waals surface area contributed by atoms with Gasteiger partial charge in [0.25, 0.3) is 5.91 Å². The van der Waals surface area contributed by atoms with Crippen molar-refractivity contribution in [2.45, 2.75) is 35.3 Å². The molecule has 1 amide bonds. The average molecular weight is 480 g/mol. The van der Waals surface area contributed by atoms with E-state index >= 15 is 0 Å². The van der Waals surface area contributed by atoms with E-state index in [1.807, 2.05) is 48.5 Å². The molecular formula is C26H22ClNO4S. The second-order valence-corrected chi connectivity index (χ2v) is 9.56. The molecule has 2 aliphatic heterocycles. The first-order valence-corrected chi connectivity index (χ1v) is 12.0. The van der Waals surface area contributed by atoms with Crippen LogP contribution in [-0.4, -0.2) is 31.2 Å². The van der Waals surface area contributed by atoms with Gasteiger partial charge in [0.1, 0.15) is 6.61 Å². The summed E-state index contributed by atoms with van der Waals surface area (Å²) in [7, 11) is 0. The number of amides is 1. The summed E-state index contributed by atoms with van der Waals surface area (Å²) in [5.74, 6) is -0.545. The van der Waals surface area contributed by atoms with Gasteiger partial charge in [0.05, 0.1) is 29.5 Å². The van der Waals surface area contributed by atoms with Crippen molar-refractivity contribution >= 4 is 40.9 Å². The van der Waals surface area contributed by atoms with Crippen LogP contribution < -0.4 is 4.90 Å². The number of carbonyl (C=O) groups excluding carboxylic acids is 2. The fourth-order valence-electron chi connectivity index (χ4n) is 4.05. The lowest BCUT2D eigenvalue weighted by molar-refractivity contribution is 0.0161. The topological polar surface area (TPSA) is 55.8 Å². The van der Waals surface area contributed by atoms with Crippen LogP contribution in [0.25, 0.3) is 0 Å². The summed E-state index contributed by atoms with van der Waals surface area (Å²) in [5.41, 5.74) is 2.61. The lowest BCUT2D eigenvalue weighted by atomic mass is 10.1. The third-order valence-electron chi connectivity index (χ3n) is 5.72. The molecule has 1 saturated heterocycles. The normalized spacial score (nSPS) is 17.3. The number of esters is 1. The van der Waals surface area contributed by atoms with Crippen LogP contribution in [0.3, 0.4) is 0 Å². The SMILES string of the molecule is O=C(OCC1CCCO1)c1ccc2c(c1)N(Cc1cccc(Cl)c1)C(=O)c1ccccc1S2. The number of hydrogen-bond donors (Lipinski definition) is 0. The zero-order valence-electron chi connectivity index (χ0n) is 17.8. The summed E-state index contributed by atoms with van der Waals surface area (Å²) in [5, 5.41) is 0.608. The number of rotatable bonds is 5. The molecule has 33 heavy (non-hydrogen) atoms. The maximum Gasteiger partial charge on any atom is 0.338 e. The fraction of sp³-hybridized carbons (Fsp3) is 0.231. The lowest BCUT2D eigenvalue weighted by Crippen LogP contribution is -2.30. The smallest absolute Gasteiger partial charge is 0.338 e. The molecule has 168 valence electrons. The molecule has 1 atom stereocenters. The van der Waals surface area contributed by atoms with Crippen molar-refractivity contribution in [1.29, 1.82) is 0 Å². The van der Waals surface area contributed by atoms with Crippen LogP contribution in [-0.2, 0) is 16.0 Å². The molecule has 2 heterocycles. The van der Waals surface area contributed by atoms with Crippen LogP contribution in [0.5, 0.6) is 0 Å². The first kappa shape index (κ1) is 22.0. The van der Waals surface area contributed by atoms with Crippen LogP contribution in [0.2, 0.25) is 5.02 Å². The van der Waals surface area contributed by atoms with Gasteiger partial charge in [-0.1, -0.05) is 47.6 Å². The Bertz CT molecular complexity index is 1210. The highest BCUT2D eigenvalue weighted by Crippen LogP contribution is 2.42. The first-order valence-electron chi connectivity index (χ1n) is 10.8. The Balaban J connectivity index is 1.49. The van der Waals surface area contributed by atoms with E-state index in [9.17, 15) is 9.59 Å². The van der Waals surface area contributed by atoms with E-state index < -0.39 is 5.97 Å². The Hall–Kier alpha value is -2.80. The summed E-state index contributed by atoms with van der Waals surface area (Å²) < 4.78 is 11.0. The number of halogens is 1. The summed E-state index contributed by atoms with van der Waals surface area (Å²) in [6.45, 7) is 1.27. The molecule has 0 spiro atoms. The van der Waals surface area contributed by atoms with Crippen LogP contribution >= 0.6 is 23.4 Å². The van der Waals surface area contributed by atoms with E-state index in [0.29, 0.717) is 35.0 Å². The minimum atomic E-state index is -0.421. The minimum absolute atomic E-state index is 0.0410. The highest BCUT2D eigenvalue weighted by molar-refractivity contribution is 7.99. The number of benzene rings is 3. The van der Waals surface area contributed by atoms with Gasteiger partial charge in [-0.2, -0.15) is 0 Å². The summed E-state index contributed by atoms with van der Waals surface area (Å²) in [4.78, 5) is 29.9. The Morgan fingerprint density at radius 2 is 1.97 bits per heavy atom. The summed E-state index contributed by atoms with van der Waals surface area (Å²) in [6.07, 6.45) is 1.84. The van der Waals surface area contributed by atoms with Gasteiger partial charge >= 0.3 is 5.97 Å². The Labute approximate surface area is 201 Å². The molecular weight excluding hydrogens is 458 g/mol. The first-order chi connectivity index (χ1) is 16.1. The van der Waals surface area contributed by atoms with Crippen molar-refractivity contribution in [2.75, 3.05) is 18.1 Å². The van der Waals surface area contributed by atoms with Crippen molar-refractivity contribution in [3.05, 3.63) is 88.4 Å². The standard InChI is InChI=1S/C26H22ClNO4S/c27-19-6-3-5-17(13-19)15-28-22-14-18(26(30)32-16-20-7-4-12-31-20)10-11-24(22)33-23-9-2-1-8-21(23)25(28)29/h1-3,5-6,8-11,13-14,20H,4,7,12,15-16H2. The number of anilines is 1. The summed E-state index contributed by atoms with van der Waals surface area (Å²) >= 11 is 7.71. The molecule has 2 aliphatic rings. The zero-order valence-corrected chi connectivity index (χ0v) is 19.4. The maximum absolute atomic E-state index is 13.6. The molecule has 5 rings (SSSR count). The van der Waals surface area contributed by atoms with E-state index in [1.165, 1.54) is 11.8 Å². The minimum Gasteiger partial charge on any atom is -0.459 e. The van der Waals surface area contributed by atoms with Crippen molar-refractivity contribution in [1.82, 2.24) is 0 Å². The highest BCUT2D eigenvalue weighted by atomic mass is 35.5. The largest absolute Gasteiger partial charge is 0.459 e. The van der Waals surface area contributed by atoms with E-state index in [1.54, 1.807) is 23.1 Å². The number of carbonyl (C=O) groups is 2. The predicted molar refractivity (Wildman–Crippen MR) is 128 cm³/mol. The lowest BCUT2D eigenvalue weighted by Gasteiger charge is -2.24. The van der Waals surface area contributed by atoms with Gasteiger partial charge in [-0.25, -0.2) is 4.79 Å². The van der Waals surface area contributed by atoms with Crippen molar-refractivity contribution in [3.8, 4) is 0 Å². The van der Waals surface area contributed by atoms with E-state index in [-0.39, 0.29) is 18.6 Å². The average Bonchev–Trinajstić information content (AvgIpc) is 3.31. The maximum atomic E-state index is 13.6. The van der Waals surface area contributed by atoms with Crippen molar-refractivity contribution < 1.29 is 19.1 Å². The third kappa shape index (κ3) is 4.78. The Morgan fingerprint density at radius 1 is 1.09 bits per heavy atom. The predicted octanol–water partition coefficient (Wildman–Crippen LogP) is 5.99. The van der Waals surface area contributed by atoms with Crippen LogP contribution in [0, 0.1) is 0 Å². The Kier molecular flexibility index (Phi) is 6.40. The van der Waals surface area contributed by atoms with E-state index in [2.05, 4.69) is 0 Å². The van der Waals surface area contributed by atoms with Crippen LogP contribution in [0.4, 0.5) is 5.69 Å². The molecule has 3 aromatic carbocycles. The highest BCUT2D eigenvalue weighted by Gasteiger charge is 2.28. The molecule has 1 unspecified atom stereocenters. The van der Waals surface area contributed by atoms with Crippen molar-refractivity contribution in [3.63, 3.8) is 0 Å². The number of nitrogens with zero attached hydrogens (tertiary/aromatic N) is 1. The molecule has 0 saturated carbocycles. The van der Waals surface area contributed by atoms with Gasteiger partial charge < -0.3 is 14.4 Å². The fourth-order valence-corrected chi connectivity index (χ4v) is 5.32. The van der Waals surface area contributed by atoms with Crippen LogP contribution in [0.15, 0.2) is 76.5 Å². The molecule has 0 aliphatic carbocycles. The number of hydrogen-bond acceptors (Lipinski definition) is 5. The summed E-state index contributed by atoms with van der Waals surface area (Å²) in [6, 6.07) is 20.4. The van der Waals surface area contributed by atoms with Gasteiger partial charge in [0, 0.05) is 21.4 Å². The molecule has 0 bridgehead atoms. The van der Waals surface area contributed by atoms with Gasteiger partial charge in [-0.15, -0.1) is 0 Å². The van der Waals surface area contributed by atoms with E-state index in [4.69, 9.17) is 21.1 Å². The monoisotopic (exact) mass is 479 g/mol. The van der Waals surface area contributed by atoms with Crippen LogP contribution in [0.1, 0.15) is 39.1 Å². The van der Waals surface area contributed by atoms with Gasteiger partial charge in [0.15, 0.2) is 0 Å². The van der Waals surface area contributed by atoms with Gasteiger partial charge in [-0.05, 0) is 60.9 Å². The molecule has 0 aromatic heterocycles. The molecule has 3 aromatic rings. The number of fused-ring (bicyclic) bond motifs is 2. The zero-order chi connectivity index (χ0) is 22.8. The van der Waals surface area contributed by atoms with Gasteiger partial charge in [-0.3, -0.25) is 4.79 Å². The Morgan fingerprint density at radius 3 is 2.79 bits per heavy atom.